The fourth-order valence-corrected chi connectivity index (χ4v) is 2.30. The first-order valence-electron chi connectivity index (χ1n) is 4.91. The Balaban J connectivity index is 2.93. The van der Waals surface area contributed by atoms with Crippen LogP contribution in [0.2, 0.25) is 0 Å². The molecule has 18 heavy (non-hydrogen) atoms. The van der Waals surface area contributed by atoms with Gasteiger partial charge in [0.1, 0.15) is 16.5 Å². The van der Waals surface area contributed by atoms with Crippen molar-refractivity contribution in [2.75, 3.05) is 6.54 Å². The Kier molecular flexibility index (Phi) is 4.36. The standard InChI is InChI=1S/C10H11F2NO4S/c1-6(10(14)15)5-13-18(16,17)9-4-7(11)2-3-8(9)12/h2-4,6,13H,5H2,1H3,(H,14,15). The smallest absolute Gasteiger partial charge is 0.307 e. The van der Waals surface area contributed by atoms with E-state index in [0.29, 0.717) is 12.1 Å². The Morgan fingerprint density at radius 3 is 2.61 bits per heavy atom. The summed E-state index contributed by atoms with van der Waals surface area (Å²) >= 11 is 0. The molecule has 0 amide bonds. The average molecular weight is 279 g/mol. The summed E-state index contributed by atoms with van der Waals surface area (Å²) in [6, 6.07) is 2.00. The minimum atomic E-state index is -4.27. The van der Waals surface area contributed by atoms with E-state index in [1.807, 2.05) is 4.72 Å². The summed E-state index contributed by atoms with van der Waals surface area (Å²) in [7, 11) is -4.27. The van der Waals surface area contributed by atoms with Crippen molar-refractivity contribution in [3.8, 4) is 0 Å². The molecule has 0 aromatic heterocycles. The highest BCUT2D eigenvalue weighted by atomic mass is 32.2. The van der Waals surface area contributed by atoms with Crippen LogP contribution in [0.25, 0.3) is 0 Å². The lowest BCUT2D eigenvalue weighted by molar-refractivity contribution is -0.140. The Hall–Kier alpha value is -1.54. The first-order chi connectivity index (χ1) is 8.24. The zero-order valence-electron chi connectivity index (χ0n) is 9.35. The van der Waals surface area contributed by atoms with E-state index in [9.17, 15) is 22.0 Å². The van der Waals surface area contributed by atoms with E-state index >= 15 is 0 Å². The lowest BCUT2D eigenvalue weighted by Gasteiger charge is -2.10. The highest BCUT2D eigenvalue weighted by molar-refractivity contribution is 7.89. The van der Waals surface area contributed by atoms with Crippen molar-refractivity contribution in [3.63, 3.8) is 0 Å². The molecule has 0 radical (unpaired) electrons. The second-order valence-electron chi connectivity index (χ2n) is 3.67. The number of carboxylic acids is 1. The number of hydrogen-bond acceptors (Lipinski definition) is 3. The third kappa shape index (κ3) is 3.47. The zero-order chi connectivity index (χ0) is 13.9. The molecule has 0 aliphatic heterocycles. The molecule has 0 saturated heterocycles. The van der Waals surface area contributed by atoms with Crippen molar-refractivity contribution in [1.29, 1.82) is 0 Å². The number of hydrogen-bond donors (Lipinski definition) is 2. The molecule has 1 aromatic rings. The maximum absolute atomic E-state index is 13.2. The number of benzene rings is 1. The lowest BCUT2D eigenvalue weighted by atomic mass is 10.2. The number of carbonyl (C=O) groups is 1. The number of sulfonamides is 1. The summed E-state index contributed by atoms with van der Waals surface area (Å²) in [4.78, 5) is 9.66. The van der Waals surface area contributed by atoms with Crippen LogP contribution in [-0.2, 0) is 14.8 Å². The summed E-state index contributed by atoms with van der Waals surface area (Å²) in [5.74, 6) is -4.18. The van der Waals surface area contributed by atoms with Gasteiger partial charge >= 0.3 is 5.97 Å². The minimum absolute atomic E-state index is 0.409. The monoisotopic (exact) mass is 279 g/mol. The molecule has 1 unspecified atom stereocenters. The van der Waals surface area contributed by atoms with Crippen LogP contribution in [0.4, 0.5) is 8.78 Å². The maximum Gasteiger partial charge on any atom is 0.307 e. The Morgan fingerprint density at radius 2 is 2.06 bits per heavy atom. The quantitative estimate of drug-likeness (QED) is 0.841. The number of carboxylic acid groups (broad SMARTS) is 1. The van der Waals surface area contributed by atoms with Gasteiger partial charge in [-0.05, 0) is 18.2 Å². The first-order valence-corrected chi connectivity index (χ1v) is 6.40. The maximum atomic E-state index is 13.2. The Bertz CT molecular complexity index is 559. The van der Waals surface area contributed by atoms with Crippen molar-refractivity contribution in [3.05, 3.63) is 29.8 Å². The normalized spacial score (nSPS) is 13.3. The fraction of sp³-hybridized carbons (Fsp3) is 0.300. The van der Waals surface area contributed by atoms with Crippen molar-refractivity contribution in [2.24, 2.45) is 5.92 Å². The van der Waals surface area contributed by atoms with E-state index in [2.05, 4.69) is 0 Å². The van der Waals surface area contributed by atoms with E-state index in [1.165, 1.54) is 6.92 Å². The van der Waals surface area contributed by atoms with Crippen LogP contribution in [0.3, 0.4) is 0 Å². The van der Waals surface area contributed by atoms with Gasteiger partial charge in [0.2, 0.25) is 10.0 Å². The molecule has 0 saturated carbocycles. The highest BCUT2D eigenvalue weighted by Crippen LogP contribution is 2.15. The molecule has 5 nitrogen and oxygen atoms in total. The van der Waals surface area contributed by atoms with Crippen molar-refractivity contribution >= 4 is 16.0 Å². The van der Waals surface area contributed by atoms with Crippen LogP contribution >= 0.6 is 0 Å². The molecular formula is C10H11F2NO4S. The van der Waals surface area contributed by atoms with Crippen molar-refractivity contribution in [2.45, 2.75) is 11.8 Å². The van der Waals surface area contributed by atoms with Crippen LogP contribution in [0.15, 0.2) is 23.1 Å². The summed E-state index contributed by atoms with van der Waals surface area (Å²) in [6.45, 7) is 0.875. The van der Waals surface area contributed by atoms with Gasteiger partial charge in [0.25, 0.3) is 0 Å². The summed E-state index contributed by atoms with van der Waals surface area (Å²) < 4.78 is 51.2. The third-order valence-electron chi connectivity index (χ3n) is 2.18. The van der Waals surface area contributed by atoms with Crippen LogP contribution in [0.1, 0.15) is 6.92 Å². The van der Waals surface area contributed by atoms with E-state index in [0.717, 1.165) is 6.07 Å². The Morgan fingerprint density at radius 1 is 1.44 bits per heavy atom. The minimum Gasteiger partial charge on any atom is -0.481 e. The number of rotatable bonds is 5. The largest absolute Gasteiger partial charge is 0.481 e. The molecule has 1 atom stereocenters. The third-order valence-corrected chi connectivity index (χ3v) is 3.62. The molecule has 0 spiro atoms. The van der Waals surface area contributed by atoms with Crippen LogP contribution in [0, 0.1) is 17.6 Å². The SMILES string of the molecule is CC(CNS(=O)(=O)c1cc(F)ccc1F)C(=O)O. The molecule has 1 rings (SSSR count). The number of halogens is 2. The van der Waals surface area contributed by atoms with Gasteiger partial charge < -0.3 is 5.11 Å². The topological polar surface area (TPSA) is 83.5 Å². The van der Waals surface area contributed by atoms with Gasteiger partial charge in [-0.2, -0.15) is 0 Å². The molecule has 0 heterocycles. The molecular weight excluding hydrogens is 268 g/mol. The second kappa shape index (κ2) is 5.40. The molecule has 1 aromatic carbocycles. The van der Waals surface area contributed by atoms with Crippen molar-refractivity contribution < 1.29 is 27.1 Å². The number of nitrogens with one attached hydrogen (secondary N) is 1. The van der Waals surface area contributed by atoms with E-state index in [4.69, 9.17) is 5.11 Å². The molecule has 2 N–H and O–H groups in total. The van der Waals surface area contributed by atoms with Gasteiger partial charge in [-0.1, -0.05) is 6.92 Å². The zero-order valence-corrected chi connectivity index (χ0v) is 10.2. The van der Waals surface area contributed by atoms with E-state index < -0.39 is 45.0 Å². The highest BCUT2D eigenvalue weighted by Gasteiger charge is 2.22. The van der Waals surface area contributed by atoms with Gasteiger partial charge in [0.15, 0.2) is 0 Å². The lowest BCUT2D eigenvalue weighted by Crippen LogP contribution is -2.32. The molecule has 8 heteroatoms. The van der Waals surface area contributed by atoms with Crippen LogP contribution in [0.5, 0.6) is 0 Å². The second-order valence-corrected chi connectivity index (χ2v) is 5.40. The predicted molar refractivity (Wildman–Crippen MR) is 58.3 cm³/mol. The molecule has 0 aliphatic carbocycles. The van der Waals surface area contributed by atoms with Crippen molar-refractivity contribution in [1.82, 2.24) is 4.72 Å². The summed E-state index contributed by atoms with van der Waals surface area (Å²) in [6.07, 6.45) is 0. The first kappa shape index (κ1) is 14.5. The van der Waals surface area contributed by atoms with Crippen LogP contribution < -0.4 is 4.72 Å². The average Bonchev–Trinajstić information content (AvgIpc) is 2.29. The van der Waals surface area contributed by atoms with Gasteiger partial charge in [-0.3, -0.25) is 4.79 Å². The summed E-state index contributed by atoms with van der Waals surface area (Å²) in [5, 5.41) is 8.58. The molecule has 0 fully saturated rings. The molecule has 0 bridgehead atoms. The van der Waals surface area contributed by atoms with Crippen LogP contribution in [-0.4, -0.2) is 26.0 Å². The summed E-state index contributed by atoms with van der Waals surface area (Å²) in [5.41, 5.74) is 0. The van der Waals surface area contributed by atoms with E-state index in [-0.39, 0.29) is 0 Å². The van der Waals surface area contributed by atoms with E-state index in [1.54, 1.807) is 0 Å². The Labute approximate surface area is 102 Å². The molecule has 0 aliphatic rings. The fourth-order valence-electron chi connectivity index (χ4n) is 1.08. The van der Waals surface area contributed by atoms with Gasteiger partial charge in [0, 0.05) is 6.54 Å². The van der Waals surface area contributed by atoms with Gasteiger partial charge in [-0.25, -0.2) is 21.9 Å². The predicted octanol–water partition coefficient (Wildman–Crippen LogP) is 0.964. The van der Waals surface area contributed by atoms with Gasteiger partial charge in [0.05, 0.1) is 5.92 Å². The molecule has 100 valence electrons. The number of aliphatic carboxylic acids is 1. The van der Waals surface area contributed by atoms with Gasteiger partial charge in [-0.15, -0.1) is 0 Å².